The number of carbonyl (C=O) groups is 1. The standard InChI is InChI=1S/C17H24F3N3O2/c1-25-15(17(18,19)20)21-16(8-4-9-16)22-11-6-13(7-12-22)23-10-3-2-5-14(23)24/h4,8,13H,2-3,5-7,9-12H2,1H3/b21-15-. The van der Waals surface area contributed by atoms with Gasteiger partial charge in [-0.1, -0.05) is 6.08 Å². The maximum absolute atomic E-state index is 13.0. The lowest BCUT2D eigenvalue weighted by molar-refractivity contribution is -0.137. The van der Waals surface area contributed by atoms with Crippen molar-refractivity contribution in [3.63, 3.8) is 0 Å². The maximum atomic E-state index is 13.0. The fourth-order valence-corrected chi connectivity index (χ4v) is 3.90. The molecule has 0 aromatic carbocycles. The molecule has 5 nitrogen and oxygen atoms in total. The molecule has 0 aromatic rings. The van der Waals surface area contributed by atoms with Crippen molar-refractivity contribution >= 4 is 11.8 Å². The number of alkyl halides is 3. The molecule has 8 heteroatoms. The van der Waals surface area contributed by atoms with Gasteiger partial charge in [-0.3, -0.25) is 9.69 Å². The lowest BCUT2D eigenvalue weighted by atomic mass is 9.89. The molecule has 0 N–H and O–H groups in total. The minimum absolute atomic E-state index is 0.193. The molecule has 0 bridgehead atoms. The molecule has 0 radical (unpaired) electrons. The summed E-state index contributed by atoms with van der Waals surface area (Å²) in [5, 5.41) is 0. The number of piperidine rings is 2. The third-order valence-electron chi connectivity index (χ3n) is 5.35. The molecule has 25 heavy (non-hydrogen) atoms. The van der Waals surface area contributed by atoms with Gasteiger partial charge in [0.15, 0.2) is 0 Å². The lowest BCUT2D eigenvalue weighted by Crippen LogP contribution is -2.56. The number of halogens is 3. The van der Waals surface area contributed by atoms with Crippen molar-refractivity contribution in [2.75, 3.05) is 26.7 Å². The molecule has 1 aliphatic carbocycles. The molecule has 2 fully saturated rings. The van der Waals surface area contributed by atoms with E-state index in [-0.39, 0.29) is 11.9 Å². The van der Waals surface area contributed by atoms with Crippen LogP contribution in [0.4, 0.5) is 13.2 Å². The average Bonchev–Trinajstić information content (AvgIpc) is 2.54. The van der Waals surface area contributed by atoms with Crippen LogP contribution in [0, 0.1) is 0 Å². The van der Waals surface area contributed by atoms with E-state index in [4.69, 9.17) is 0 Å². The Labute approximate surface area is 145 Å². The number of rotatable bonds is 3. The summed E-state index contributed by atoms with van der Waals surface area (Å²) in [4.78, 5) is 19.9. The van der Waals surface area contributed by atoms with Crippen molar-refractivity contribution in [2.24, 2.45) is 4.99 Å². The first-order valence-corrected chi connectivity index (χ1v) is 8.79. The number of likely N-dealkylation sites (tertiary alicyclic amines) is 2. The van der Waals surface area contributed by atoms with Crippen LogP contribution < -0.4 is 0 Å². The molecule has 2 heterocycles. The Bertz CT molecular complexity index is 568. The minimum Gasteiger partial charge on any atom is -0.478 e. The van der Waals surface area contributed by atoms with E-state index in [1.165, 1.54) is 0 Å². The Hall–Kier alpha value is -1.57. The molecule has 0 saturated carbocycles. The highest BCUT2D eigenvalue weighted by Gasteiger charge is 2.46. The van der Waals surface area contributed by atoms with Gasteiger partial charge in [0, 0.05) is 38.5 Å². The number of hydrogen-bond acceptors (Lipinski definition) is 4. The molecule has 2 aliphatic heterocycles. The van der Waals surface area contributed by atoms with E-state index in [9.17, 15) is 18.0 Å². The molecule has 3 aliphatic rings. The molecular weight excluding hydrogens is 335 g/mol. The summed E-state index contributed by atoms with van der Waals surface area (Å²) in [6.45, 7) is 2.04. The predicted molar refractivity (Wildman–Crippen MR) is 87.1 cm³/mol. The van der Waals surface area contributed by atoms with Gasteiger partial charge < -0.3 is 9.64 Å². The molecule has 0 aromatic heterocycles. The molecule has 2 saturated heterocycles. The minimum atomic E-state index is -4.59. The second-order valence-corrected chi connectivity index (χ2v) is 6.87. The SMILES string of the molecule is CO/C(=N\C1(N2CCC(N3CCCCC3=O)CC2)C=CC1)C(F)(F)F. The highest BCUT2D eigenvalue weighted by molar-refractivity contribution is 5.82. The maximum Gasteiger partial charge on any atom is 0.468 e. The monoisotopic (exact) mass is 359 g/mol. The average molecular weight is 359 g/mol. The van der Waals surface area contributed by atoms with Crippen molar-refractivity contribution in [3.8, 4) is 0 Å². The second kappa shape index (κ2) is 6.97. The fourth-order valence-electron chi connectivity index (χ4n) is 3.90. The first-order valence-electron chi connectivity index (χ1n) is 8.79. The largest absolute Gasteiger partial charge is 0.478 e. The van der Waals surface area contributed by atoms with Crippen molar-refractivity contribution in [1.29, 1.82) is 0 Å². The number of amides is 1. The molecule has 0 spiro atoms. The number of methoxy groups -OCH3 is 1. The normalized spacial score (nSPS) is 29.7. The van der Waals surface area contributed by atoms with Gasteiger partial charge in [-0.25, -0.2) is 4.99 Å². The van der Waals surface area contributed by atoms with Gasteiger partial charge in [-0.05, 0) is 31.8 Å². The van der Waals surface area contributed by atoms with Crippen LogP contribution in [0.1, 0.15) is 38.5 Å². The van der Waals surface area contributed by atoms with Gasteiger partial charge in [-0.2, -0.15) is 13.2 Å². The van der Waals surface area contributed by atoms with Crippen LogP contribution in [0.15, 0.2) is 17.1 Å². The zero-order valence-corrected chi connectivity index (χ0v) is 14.4. The fraction of sp³-hybridized carbons (Fsp3) is 0.765. The van der Waals surface area contributed by atoms with Gasteiger partial charge in [0.25, 0.3) is 5.90 Å². The smallest absolute Gasteiger partial charge is 0.468 e. The molecule has 1 unspecified atom stereocenters. The Morgan fingerprint density at radius 2 is 1.96 bits per heavy atom. The highest BCUT2D eigenvalue weighted by atomic mass is 19.4. The molecule has 1 atom stereocenters. The molecule has 3 rings (SSSR count). The van der Waals surface area contributed by atoms with E-state index in [0.29, 0.717) is 25.9 Å². The van der Waals surface area contributed by atoms with E-state index in [1.54, 1.807) is 6.08 Å². The van der Waals surface area contributed by atoms with E-state index in [0.717, 1.165) is 39.3 Å². The van der Waals surface area contributed by atoms with Crippen LogP contribution in [-0.2, 0) is 9.53 Å². The predicted octanol–water partition coefficient (Wildman–Crippen LogP) is 2.73. The zero-order valence-electron chi connectivity index (χ0n) is 14.4. The van der Waals surface area contributed by atoms with Crippen LogP contribution in [-0.4, -0.2) is 66.2 Å². The Morgan fingerprint density at radius 3 is 2.44 bits per heavy atom. The van der Waals surface area contributed by atoms with Gasteiger partial charge >= 0.3 is 6.18 Å². The summed E-state index contributed by atoms with van der Waals surface area (Å²) >= 11 is 0. The molecular formula is C17H24F3N3O2. The summed E-state index contributed by atoms with van der Waals surface area (Å²) < 4.78 is 43.4. The van der Waals surface area contributed by atoms with Gasteiger partial charge in [-0.15, -0.1) is 0 Å². The lowest BCUT2D eigenvalue weighted by Gasteiger charge is -2.48. The summed E-state index contributed by atoms with van der Waals surface area (Å²) in [5.41, 5.74) is -0.961. The van der Waals surface area contributed by atoms with E-state index >= 15 is 0 Å². The number of aliphatic imine (C=N–C) groups is 1. The Morgan fingerprint density at radius 1 is 1.28 bits per heavy atom. The molecule has 140 valence electrons. The summed E-state index contributed by atoms with van der Waals surface area (Å²) in [6.07, 6.45) is 3.53. The van der Waals surface area contributed by atoms with Crippen LogP contribution in [0.2, 0.25) is 0 Å². The van der Waals surface area contributed by atoms with Crippen molar-refractivity contribution < 1.29 is 22.7 Å². The summed E-state index contributed by atoms with van der Waals surface area (Å²) in [7, 11) is 0.997. The van der Waals surface area contributed by atoms with Gasteiger partial charge in [0.05, 0.1) is 7.11 Å². The Balaban J connectivity index is 1.67. The van der Waals surface area contributed by atoms with E-state index in [1.807, 2.05) is 15.9 Å². The van der Waals surface area contributed by atoms with Crippen LogP contribution in [0.5, 0.6) is 0 Å². The van der Waals surface area contributed by atoms with Crippen LogP contribution in [0.25, 0.3) is 0 Å². The van der Waals surface area contributed by atoms with Gasteiger partial charge in [0.2, 0.25) is 5.91 Å². The summed E-state index contributed by atoms with van der Waals surface area (Å²) in [5.74, 6) is -0.982. The van der Waals surface area contributed by atoms with E-state index in [2.05, 4.69) is 9.73 Å². The number of carbonyl (C=O) groups excluding carboxylic acids is 1. The first-order chi connectivity index (χ1) is 11.9. The van der Waals surface area contributed by atoms with Crippen molar-refractivity contribution in [3.05, 3.63) is 12.2 Å². The first kappa shape index (κ1) is 18.2. The quantitative estimate of drug-likeness (QED) is 0.442. The Kier molecular flexibility index (Phi) is 5.09. The third-order valence-corrected chi connectivity index (χ3v) is 5.35. The van der Waals surface area contributed by atoms with Crippen LogP contribution >= 0.6 is 0 Å². The highest BCUT2D eigenvalue weighted by Crippen LogP contribution is 2.37. The zero-order chi connectivity index (χ0) is 18.1. The molecule has 1 amide bonds. The second-order valence-electron chi connectivity index (χ2n) is 6.87. The number of ether oxygens (including phenoxy) is 1. The van der Waals surface area contributed by atoms with E-state index < -0.39 is 17.7 Å². The van der Waals surface area contributed by atoms with Crippen LogP contribution in [0.3, 0.4) is 0 Å². The van der Waals surface area contributed by atoms with Crippen molar-refractivity contribution in [1.82, 2.24) is 9.80 Å². The van der Waals surface area contributed by atoms with Gasteiger partial charge in [0.1, 0.15) is 5.66 Å². The third kappa shape index (κ3) is 3.68. The number of nitrogens with zero attached hydrogens (tertiary/aromatic N) is 3. The topological polar surface area (TPSA) is 45.1 Å². The summed E-state index contributed by atoms with van der Waals surface area (Å²) in [6, 6.07) is 0.193. The van der Waals surface area contributed by atoms with Crippen molar-refractivity contribution in [2.45, 2.75) is 56.4 Å². The number of hydrogen-bond donors (Lipinski definition) is 0.